The quantitative estimate of drug-likeness (QED) is 0.619. The van der Waals surface area contributed by atoms with Gasteiger partial charge in [0.2, 0.25) is 10.8 Å². The SMILES string of the molecule is COC(=O)C1CC[NH+]([C@@H](c2cccc(OC)c2)c2sc3ncnn3c2O)CC1. The lowest BCUT2D eigenvalue weighted by Gasteiger charge is -2.33. The number of nitrogens with one attached hydrogen (secondary N) is 1. The lowest BCUT2D eigenvalue weighted by molar-refractivity contribution is -0.930. The summed E-state index contributed by atoms with van der Waals surface area (Å²) >= 11 is 1.44. The number of carbonyl (C=O) groups excluding carboxylic acids is 1. The number of aromatic hydroxyl groups is 1. The van der Waals surface area contributed by atoms with Crippen molar-refractivity contribution in [3.05, 3.63) is 41.0 Å². The van der Waals surface area contributed by atoms with Crippen molar-refractivity contribution in [2.75, 3.05) is 27.3 Å². The van der Waals surface area contributed by atoms with E-state index in [0.717, 1.165) is 42.1 Å². The number of carbonyl (C=O) groups is 1. The monoisotopic (exact) mass is 403 g/mol. The molecule has 0 amide bonds. The molecular formula is C19H23N4O4S+. The fourth-order valence-electron chi connectivity index (χ4n) is 3.96. The highest BCUT2D eigenvalue weighted by Crippen LogP contribution is 2.35. The lowest BCUT2D eigenvalue weighted by atomic mass is 9.93. The van der Waals surface area contributed by atoms with Crippen LogP contribution in [0.5, 0.6) is 11.6 Å². The van der Waals surface area contributed by atoms with Gasteiger partial charge in [0.15, 0.2) is 6.04 Å². The largest absolute Gasteiger partial charge is 0.497 e. The standard InChI is InChI=1S/C19H22N4O4S/c1-26-14-5-3-4-13(10-14)15(16-17(24)23-19(28-16)20-11-21-23)22-8-6-12(7-9-22)18(25)27-2/h3-5,10-12,15,24H,6-9H2,1-2H3/p+1/t15-/m0/s1. The maximum Gasteiger partial charge on any atom is 0.309 e. The van der Waals surface area contributed by atoms with E-state index in [2.05, 4.69) is 10.1 Å². The number of rotatable bonds is 5. The molecule has 4 rings (SSSR count). The molecule has 148 valence electrons. The van der Waals surface area contributed by atoms with E-state index < -0.39 is 0 Å². The number of thiazole rings is 1. The van der Waals surface area contributed by atoms with E-state index in [4.69, 9.17) is 9.47 Å². The Kier molecular flexibility index (Phi) is 5.19. The Balaban J connectivity index is 1.71. The first kappa shape index (κ1) is 18.7. The minimum Gasteiger partial charge on any atom is -0.497 e. The van der Waals surface area contributed by atoms with Crippen LogP contribution in [0.15, 0.2) is 30.6 Å². The minimum absolute atomic E-state index is 0.0596. The number of nitrogens with zero attached hydrogens (tertiary/aromatic N) is 3. The van der Waals surface area contributed by atoms with Gasteiger partial charge in [0, 0.05) is 18.4 Å². The molecule has 28 heavy (non-hydrogen) atoms. The second kappa shape index (κ2) is 7.76. The van der Waals surface area contributed by atoms with Crippen LogP contribution in [0.3, 0.4) is 0 Å². The maximum atomic E-state index is 11.9. The first-order valence-electron chi connectivity index (χ1n) is 9.20. The number of quaternary nitrogens is 1. The zero-order valence-corrected chi connectivity index (χ0v) is 16.6. The molecule has 3 aromatic rings. The predicted molar refractivity (Wildman–Crippen MR) is 103 cm³/mol. The van der Waals surface area contributed by atoms with Gasteiger partial charge in [0.1, 0.15) is 17.0 Å². The summed E-state index contributed by atoms with van der Waals surface area (Å²) in [5, 5.41) is 14.9. The van der Waals surface area contributed by atoms with Crippen LogP contribution in [0.4, 0.5) is 0 Å². The van der Waals surface area contributed by atoms with Crippen LogP contribution in [-0.4, -0.2) is 53.0 Å². The fourth-order valence-corrected chi connectivity index (χ4v) is 5.07. The van der Waals surface area contributed by atoms with E-state index in [9.17, 15) is 9.90 Å². The lowest BCUT2D eigenvalue weighted by Crippen LogP contribution is -3.13. The van der Waals surface area contributed by atoms with Gasteiger partial charge in [-0.15, -0.1) is 0 Å². The van der Waals surface area contributed by atoms with Crippen molar-refractivity contribution in [2.45, 2.75) is 18.9 Å². The van der Waals surface area contributed by atoms with Gasteiger partial charge in [-0.3, -0.25) is 4.79 Å². The van der Waals surface area contributed by atoms with Gasteiger partial charge >= 0.3 is 5.97 Å². The predicted octanol–water partition coefficient (Wildman–Crippen LogP) is 1.06. The Morgan fingerprint density at radius 1 is 1.36 bits per heavy atom. The average molecular weight is 403 g/mol. The molecule has 1 saturated heterocycles. The molecule has 1 aromatic carbocycles. The number of fused-ring (bicyclic) bond motifs is 1. The Morgan fingerprint density at radius 2 is 2.14 bits per heavy atom. The normalized spacial score (nSPS) is 20.8. The van der Waals surface area contributed by atoms with Crippen molar-refractivity contribution >= 4 is 22.3 Å². The van der Waals surface area contributed by atoms with Gasteiger partial charge in [-0.25, -0.2) is 4.98 Å². The highest BCUT2D eigenvalue weighted by molar-refractivity contribution is 7.17. The Bertz CT molecular complexity index is 977. The van der Waals surface area contributed by atoms with E-state index in [1.54, 1.807) is 7.11 Å². The van der Waals surface area contributed by atoms with Crippen LogP contribution in [0, 0.1) is 5.92 Å². The van der Waals surface area contributed by atoms with E-state index in [1.165, 1.54) is 34.2 Å². The van der Waals surface area contributed by atoms with Crippen molar-refractivity contribution in [3.63, 3.8) is 0 Å². The molecule has 0 bridgehead atoms. The highest BCUT2D eigenvalue weighted by Gasteiger charge is 2.37. The molecule has 1 atom stereocenters. The van der Waals surface area contributed by atoms with Gasteiger partial charge in [-0.1, -0.05) is 23.5 Å². The first-order chi connectivity index (χ1) is 13.6. The number of benzene rings is 1. The van der Waals surface area contributed by atoms with Crippen molar-refractivity contribution < 1.29 is 24.3 Å². The smallest absolute Gasteiger partial charge is 0.309 e. The molecule has 0 aliphatic carbocycles. The number of ether oxygens (including phenoxy) is 2. The van der Waals surface area contributed by atoms with Crippen LogP contribution in [0.25, 0.3) is 4.96 Å². The topological polar surface area (TPSA) is 90.4 Å². The van der Waals surface area contributed by atoms with Crippen molar-refractivity contribution in [1.29, 1.82) is 0 Å². The van der Waals surface area contributed by atoms with Gasteiger partial charge in [-0.05, 0) is 12.1 Å². The molecule has 2 N–H and O–H groups in total. The third kappa shape index (κ3) is 3.31. The van der Waals surface area contributed by atoms with E-state index in [1.807, 2.05) is 24.3 Å². The molecule has 1 aliphatic rings. The number of hydrogen-bond donors (Lipinski definition) is 2. The van der Waals surface area contributed by atoms with E-state index >= 15 is 0 Å². The van der Waals surface area contributed by atoms with Crippen molar-refractivity contribution in [3.8, 4) is 11.6 Å². The molecular weight excluding hydrogens is 380 g/mol. The van der Waals surface area contributed by atoms with Gasteiger partial charge in [0.05, 0.1) is 33.2 Å². The molecule has 1 aliphatic heterocycles. The van der Waals surface area contributed by atoms with Crippen molar-refractivity contribution in [2.24, 2.45) is 5.92 Å². The third-order valence-electron chi connectivity index (χ3n) is 5.40. The number of esters is 1. The Labute approximate surface area is 166 Å². The summed E-state index contributed by atoms with van der Waals surface area (Å²) in [6.07, 6.45) is 2.94. The summed E-state index contributed by atoms with van der Waals surface area (Å²) in [5.41, 5.74) is 1.05. The van der Waals surface area contributed by atoms with Crippen LogP contribution in [0.2, 0.25) is 0 Å². The van der Waals surface area contributed by atoms with Gasteiger partial charge < -0.3 is 19.5 Å². The van der Waals surface area contributed by atoms with Crippen LogP contribution < -0.4 is 9.64 Å². The summed E-state index contributed by atoms with van der Waals surface area (Å²) in [4.78, 5) is 18.9. The number of piperidine rings is 1. The van der Waals surface area contributed by atoms with Crippen molar-refractivity contribution in [1.82, 2.24) is 14.6 Å². The molecule has 0 saturated carbocycles. The van der Waals surface area contributed by atoms with Crippen LogP contribution >= 0.6 is 11.3 Å². The van der Waals surface area contributed by atoms with Gasteiger partial charge in [-0.2, -0.15) is 9.61 Å². The number of likely N-dealkylation sites (tertiary alicyclic amines) is 1. The Morgan fingerprint density at radius 3 is 2.82 bits per heavy atom. The van der Waals surface area contributed by atoms with Crippen LogP contribution in [0.1, 0.15) is 29.3 Å². The van der Waals surface area contributed by atoms with E-state index in [-0.39, 0.29) is 23.8 Å². The third-order valence-corrected chi connectivity index (χ3v) is 6.50. The zero-order chi connectivity index (χ0) is 19.7. The molecule has 9 heteroatoms. The minimum atomic E-state index is -0.140. The summed E-state index contributed by atoms with van der Waals surface area (Å²) in [6, 6.07) is 7.81. The highest BCUT2D eigenvalue weighted by atomic mass is 32.1. The molecule has 0 unspecified atom stereocenters. The summed E-state index contributed by atoms with van der Waals surface area (Å²) in [7, 11) is 3.08. The second-order valence-corrected chi connectivity index (χ2v) is 7.92. The molecule has 2 aromatic heterocycles. The second-order valence-electron chi connectivity index (χ2n) is 6.91. The summed E-state index contributed by atoms with van der Waals surface area (Å²) in [5.74, 6) is 0.687. The number of hydrogen-bond acceptors (Lipinski definition) is 7. The summed E-state index contributed by atoms with van der Waals surface area (Å²) < 4.78 is 11.8. The maximum absolute atomic E-state index is 11.9. The Hall–Kier alpha value is -2.65. The van der Waals surface area contributed by atoms with Gasteiger partial charge in [0.25, 0.3) is 0 Å². The molecule has 3 heterocycles. The molecule has 8 nitrogen and oxygen atoms in total. The number of methoxy groups -OCH3 is 2. The van der Waals surface area contributed by atoms with E-state index in [0.29, 0.717) is 4.96 Å². The molecule has 1 fully saturated rings. The van der Waals surface area contributed by atoms with Crippen LogP contribution in [-0.2, 0) is 9.53 Å². The average Bonchev–Trinajstić information content (AvgIpc) is 3.32. The number of aromatic nitrogens is 3. The first-order valence-corrected chi connectivity index (χ1v) is 10.0. The fraction of sp³-hybridized carbons (Fsp3) is 0.421. The molecule has 0 radical (unpaired) electrons. The molecule has 0 spiro atoms. The zero-order valence-electron chi connectivity index (χ0n) is 15.8. The summed E-state index contributed by atoms with van der Waals surface area (Å²) in [6.45, 7) is 1.60.